The van der Waals surface area contributed by atoms with E-state index < -0.39 is 0 Å². The summed E-state index contributed by atoms with van der Waals surface area (Å²) in [7, 11) is 0. The van der Waals surface area contributed by atoms with Crippen molar-refractivity contribution < 1.29 is 0 Å². The lowest BCUT2D eigenvalue weighted by molar-refractivity contribution is 0.121. The average molecular weight is 198 g/mol. The van der Waals surface area contributed by atoms with Crippen LogP contribution in [0.4, 0.5) is 0 Å². The van der Waals surface area contributed by atoms with Gasteiger partial charge in [0.1, 0.15) is 0 Å². The van der Waals surface area contributed by atoms with Crippen LogP contribution in [-0.2, 0) is 0 Å². The van der Waals surface area contributed by atoms with E-state index in [1.54, 1.807) is 0 Å². The third kappa shape index (κ3) is 3.25. The van der Waals surface area contributed by atoms with Gasteiger partial charge in [-0.25, -0.2) is 0 Å². The van der Waals surface area contributed by atoms with Crippen molar-refractivity contribution in [3.63, 3.8) is 0 Å². The van der Waals surface area contributed by atoms with E-state index in [2.05, 4.69) is 25.7 Å². The first-order chi connectivity index (χ1) is 6.67. The van der Waals surface area contributed by atoms with Gasteiger partial charge >= 0.3 is 0 Å². The van der Waals surface area contributed by atoms with Crippen LogP contribution in [0.25, 0.3) is 0 Å². The van der Waals surface area contributed by atoms with Gasteiger partial charge in [0.2, 0.25) is 0 Å². The van der Waals surface area contributed by atoms with E-state index >= 15 is 0 Å². The summed E-state index contributed by atoms with van der Waals surface area (Å²) < 4.78 is 0. The summed E-state index contributed by atoms with van der Waals surface area (Å²) in [6.45, 7) is 9.29. The summed E-state index contributed by atoms with van der Waals surface area (Å²) in [6.07, 6.45) is 5.09. The van der Waals surface area contributed by atoms with Crippen molar-refractivity contribution in [2.75, 3.05) is 13.1 Å². The molecular formula is C12H26N2. The number of rotatable bonds is 4. The number of nitrogens with two attached hydrogens (primary N) is 1. The molecule has 2 nitrogen and oxygen atoms in total. The summed E-state index contributed by atoms with van der Waals surface area (Å²) in [5, 5.41) is 0. The molecule has 2 heteroatoms. The second-order valence-corrected chi connectivity index (χ2v) is 4.82. The molecule has 2 atom stereocenters. The van der Waals surface area contributed by atoms with Gasteiger partial charge < -0.3 is 5.73 Å². The third-order valence-electron chi connectivity index (χ3n) is 3.70. The fraction of sp³-hybridized carbons (Fsp3) is 1.00. The first kappa shape index (κ1) is 12.0. The van der Waals surface area contributed by atoms with Crippen LogP contribution in [0.3, 0.4) is 0 Å². The van der Waals surface area contributed by atoms with Gasteiger partial charge in [-0.1, -0.05) is 26.7 Å². The SMILES string of the molecule is CCC(CC)CN1CC(N)CCC1C. The highest BCUT2D eigenvalue weighted by molar-refractivity contribution is 4.81. The quantitative estimate of drug-likeness (QED) is 0.750. The molecule has 2 unspecified atom stereocenters. The Balaban J connectivity index is 2.40. The lowest BCUT2D eigenvalue weighted by Crippen LogP contribution is -2.49. The van der Waals surface area contributed by atoms with Gasteiger partial charge in [-0.15, -0.1) is 0 Å². The van der Waals surface area contributed by atoms with Crippen molar-refractivity contribution >= 4 is 0 Å². The maximum Gasteiger partial charge on any atom is 0.0168 e. The van der Waals surface area contributed by atoms with Crippen LogP contribution in [0, 0.1) is 5.92 Å². The van der Waals surface area contributed by atoms with Crippen molar-refractivity contribution in [2.24, 2.45) is 11.7 Å². The van der Waals surface area contributed by atoms with Gasteiger partial charge in [-0.05, 0) is 25.7 Å². The summed E-state index contributed by atoms with van der Waals surface area (Å²) in [5.41, 5.74) is 6.00. The molecule has 1 aliphatic rings. The Morgan fingerprint density at radius 2 is 1.93 bits per heavy atom. The van der Waals surface area contributed by atoms with Crippen LogP contribution >= 0.6 is 0 Å². The van der Waals surface area contributed by atoms with Crippen molar-refractivity contribution in [3.05, 3.63) is 0 Å². The molecular weight excluding hydrogens is 172 g/mol. The van der Waals surface area contributed by atoms with Crippen molar-refractivity contribution in [1.29, 1.82) is 0 Å². The minimum atomic E-state index is 0.417. The molecule has 0 aromatic heterocycles. The Labute approximate surface area is 88.8 Å². The van der Waals surface area contributed by atoms with Crippen LogP contribution in [-0.4, -0.2) is 30.1 Å². The molecule has 0 aromatic carbocycles. The van der Waals surface area contributed by atoms with Gasteiger partial charge in [-0.3, -0.25) is 4.90 Å². The van der Waals surface area contributed by atoms with Gasteiger partial charge in [0.15, 0.2) is 0 Å². The fourth-order valence-corrected chi connectivity index (χ4v) is 2.34. The number of hydrogen-bond donors (Lipinski definition) is 1. The summed E-state index contributed by atoms with van der Waals surface area (Å²) in [5.74, 6) is 0.864. The van der Waals surface area contributed by atoms with E-state index in [0.717, 1.165) is 18.5 Å². The van der Waals surface area contributed by atoms with E-state index in [0.29, 0.717) is 6.04 Å². The van der Waals surface area contributed by atoms with Crippen LogP contribution in [0.5, 0.6) is 0 Å². The normalized spacial score (nSPS) is 29.8. The lowest BCUT2D eigenvalue weighted by Gasteiger charge is -2.38. The van der Waals surface area contributed by atoms with Gasteiger partial charge in [-0.2, -0.15) is 0 Å². The Morgan fingerprint density at radius 3 is 2.50 bits per heavy atom. The molecule has 0 radical (unpaired) electrons. The smallest absolute Gasteiger partial charge is 0.0168 e. The Hall–Kier alpha value is -0.0800. The first-order valence-electron chi connectivity index (χ1n) is 6.17. The average Bonchev–Trinajstić information content (AvgIpc) is 2.19. The predicted molar refractivity (Wildman–Crippen MR) is 62.3 cm³/mol. The van der Waals surface area contributed by atoms with Gasteiger partial charge in [0.25, 0.3) is 0 Å². The maximum absolute atomic E-state index is 6.00. The Morgan fingerprint density at radius 1 is 1.29 bits per heavy atom. The van der Waals surface area contributed by atoms with Crippen LogP contribution < -0.4 is 5.73 Å². The molecule has 1 aliphatic heterocycles. The molecule has 0 spiro atoms. The number of likely N-dealkylation sites (tertiary alicyclic amines) is 1. The molecule has 1 fully saturated rings. The topological polar surface area (TPSA) is 29.3 Å². The zero-order valence-electron chi connectivity index (χ0n) is 10.00. The van der Waals surface area contributed by atoms with Gasteiger partial charge in [0, 0.05) is 25.2 Å². The number of piperidine rings is 1. The third-order valence-corrected chi connectivity index (χ3v) is 3.70. The fourth-order valence-electron chi connectivity index (χ4n) is 2.34. The number of hydrogen-bond acceptors (Lipinski definition) is 2. The van der Waals surface area contributed by atoms with E-state index in [9.17, 15) is 0 Å². The second-order valence-electron chi connectivity index (χ2n) is 4.82. The zero-order valence-corrected chi connectivity index (χ0v) is 10.00. The highest BCUT2D eigenvalue weighted by Crippen LogP contribution is 2.19. The number of nitrogens with zero attached hydrogens (tertiary/aromatic N) is 1. The molecule has 0 saturated carbocycles. The molecule has 0 aliphatic carbocycles. The first-order valence-corrected chi connectivity index (χ1v) is 6.17. The largest absolute Gasteiger partial charge is 0.327 e. The van der Waals surface area contributed by atoms with E-state index in [4.69, 9.17) is 5.73 Å². The van der Waals surface area contributed by atoms with Crippen molar-refractivity contribution in [3.8, 4) is 0 Å². The van der Waals surface area contributed by atoms with Gasteiger partial charge in [0.05, 0.1) is 0 Å². The lowest BCUT2D eigenvalue weighted by atomic mass is 9.96. The monoisotopic (exact) mass is 198 g/mol. The van der Waals surface area contributed by atoms with Crippen LogP contribution in [0.2, 0.25) is 0 Å². The molecule has 1 saturated heterocycles. The standard InChI is InChI=1S/C12H26N2/c1-4-11(5-2)8-14-9-12(13)7-6-10(14)3/h10-12H,4-9,13H2,1-3H3. The minimum absolute atomic E-state index is 0.417. The van der Waals surface area contributed by atoms with Crippen molar-refractivity contribution in [2.45, 2.75) is 58.5 Å². The Bertz CT molecular complexity index is 154. The Kier molecular flexibility index (Phi) is 4.90. The summed E-state index contributed by atoms with van der Waals surface area (Å²) in [4.78, 5) is 2.59. The van der Waals surface area contributed by atoms with E-state index in [1.807, 2.05) is 0 Å². The van der Waals surface area contributed by atoms with Crippen LogP contribution in [0.1, 0.15) is 46.5 Å². The molecule has 14 heavy (non-hydrogen) atoms. The second kappa shape index (κ2) is 5.72. The summed E-state index contributed by atoms with van der Waals surface area (Å²) in [6, 6.07) is 1.16. The molecule has 84 valence electrons. The maximum atomic E-state index is 6.00. The molecule has 0 aromatic rings. The highest BCUT2D eigenvalue weighted by Gasteiger charge is 2.24. The molecule has 0 amide bonds. The molecule has 2 N–H and O–H groups in total. The summed E-state index contributed by atoms with van der Waals surface area (Å²) >= 11 is 0. The van der Waals surface area contributed by atoms with E-state index in [1.165, 1.54) is 32.2 Å². The van der Waals surface area contributed by atoms with Crippen molar-refractivity contribution in [1.82, 2.24) is 4.90 Å². The molecule has 1 heterocycles. The van der Waals surface area contributed by atoms with Crippen LogP contribution in [0.15, 0.2) is 0 Å². The zero-order chi connectivity index (χ0) is 10.6. The minimum Gasteiger partial charge on any atom is -0.327 e. The van der Waals surface area contributed by atoms with E-state index in [-0.39, 0.29) is 0 Å². The molecule has 1 rings (SSSR count). The highest BCUT2D eigenvalue weighted by atomic mass is 15.2. The predicted octanol–water partition coefficient (Wildman–Crippen LogP) is 2.23. The molecule has 0 bridgehead atoms.